The standard InChI is InChI=1S/C22H19ClN4O/c1-16(6-7-17-8-9-19(12-24)21(11-17)28-2)26-22-14-27(15-25-22)13-18-4-3-5-20(23)10-18/h3-11,14-15,26H,1,13H2,2H3/b7-6+. The molecule has 0 saturated carbocycles. The summed E-state index contributed by atoms with van der Waals surface area (Å²) in [5.74, 6) is 1.25. The molecule has 3 rings (SSSR count). The van der Waals surface area contributed by atoms with Crippen LogP contribution in [0.25, 0.3) is 6.08 Å². The Labute approximate surface area is 169 Å². The van der Waals surface area contributed by atoms with Gasteiger partial charge in [-0.2, -0.15) is 5.26 Å². The van der Waals surface area contributed by atoms with Crippen LogP contribution in [-0.2, 0) is 6.54 Å². The lowest BCUT2D eigenvalue weighted by Gasteiger charge is -2.05. The van der Waals surface area contributed by atoms with E-state index >= 15 is 0 Å². The van der Waals surface area contributed by atoms with E-state index in [0.29, 0.717) is 34.4 Å². The summed E-state index contributed by atoms with van der Waals surface area (Å²) < 4.78 is 7.19. The predicted octanol–water partition coefficient (Wildman–Crippen LogP) is 5.10. The fraction of sp³-hybridized carbons (Fsp3) is 0.0909. The zero-order valence-corrected chi connectivity index (χ0v) is 16.1. The number of hydrogen-bond donors (Lipinski definition) is 1. The van der Waals surface area contributed by atoms with Crippen LogP contribution in [0, 0.1) is 11.3 Å². The number of ether oxygens (including phenoxy) is 1. The van der Waals surface area contributed by atoms with Crippen molar-refractivity contribution in [3.8, 4) is 11.8 Å². The SMILES string of the molecule is C=C(/C=C/c1ccc(C#N)c(OC)c1)Nc1cn(Cc2cccc(Cl)c2)cn1. The van der Waals surface area contributed by atoms with Gasteiger partial charge in [-0.05, 0) is 41.5 Å². The molecule has 6 heteroatoms. The Balaban J connectivity index is 1.62. The van der Waals surface area contributed by atoms with Gasteiger partial charge in [-0.25, -0.2) is 4.98 Å². The van der Waals surface area contributed by atoms with Gasteiger partial charge in [0.2, 0.25) is 0 Å². The fourth-order valence-corrected chi connectivity index (χ4v) is 2.88. The van der Waals surface area contributed by atoms with Gasteiger partial charge < -0.3 is 14.6 Å². The predicted molar refractivity (Wildman–Crippen MR) is 112 cm³/mol. The van der Waals surface area contributed by atoms with E-state index in [4.69, 9.17) is 21.6 Å². The van der Waals surface area contributed by atoms with Gasteiger partial charge in [0, 0.05) is 23.5 Å². The maximum atomic E-state index is 9.04. The minimum atomic E-state index is 0.502. The number of nitrogens with one attached hydrogen (secondary N) is 1. The van der Waals surface area contributed by atoms with Crippen LogP contribution in [0.15, 0.2) is 73.3 Å². The van der Waals surface area contributed by atoms with E-state index in [-0.39, 0.29) is 0 Å². The number of hydrogen-bond acceptors (Lipinski definition) is 4. The zero-order valence-electron chi connectivity index (χ0n) is 15.4. The van der Waals surface area contributed by atoms with E-state index in [0.717, 1.165) is 11.1 Å². The van der Waals surface area contributed by atoms with Crippen molar-refractivity contribution < 1.29 is 4.74 Å². The van der Waals surface area contributed by atoms with Crippen LogP contribution < -0.4 is 10.1 Å². The second-order valence-electron chi connectivity index (χ2n) is 6.12. The lowest BCUT2D eigenvalue weighted by atomic mass is 10.1. The molecule has 0 atom stereocenters. The number of imidazole rings is 1. The highest BCUT2D eigenvalue weighted by molar-refractivity contribution is 6.30. The summed E-state index contributed by atoms with van der Waals surface area (Å²) in [6, 6.07) is 15.2. The summed E-state index contributed by atoms with van der Waals surface area (Å²) in [6.07, 6.45) is 7.40. The van der Waals surface area contributed by atoms with Crippen molar-refractivity contribution in [2.45, 2.75) is 6.54 Å². The monoisotopic (exact) mass is 390 g/mol. The third-order valence-corrected chi connectivity index (χ3v) is 4.23. The molecule has 0 amide bonds. The van der Waals surface area contributed by atoms with E-state index < -0.39 is 0 Å². The Morgan fingerprint density at radius 1 is 1.36 bits per heavy atom. The summed E-state index contributed by atoms with van der Waals surface area (Å²) in [5, 5.41) is 12.9. The van der Waals surface area contributed by atoms with Crippen LogP contribution in [0.1, 0.15) is 16.7 Å². The first-order valence-corrected chi connectivity index (χ1v) is 8.93. The highest BCUT2D eigenvalue weighted by atomic mass is 35.5. The number of benzene rings is 2. The van der Waals surface area contributed by atoms with Crippen molar-refractivity contribution in [3.63, 3.8) is 0 Å². The number of methoxy groups -OCH3 is 1. The first kappa shape index (κ1) is 19.3. The molecule has 0 aliphatic carbocycles. The van der Waals surface area contributed by atoms with Crippen LogP contribution >= 0.6 is 11.6 Å². The number of nitriles is 1. The van der Waals surface area contributed by atoms with Crippen LogP contribution in [0.2, 0.25) is 5.02 Å². The average Bonchev–Trinajstić information content (AvgIpc) is 3.12. The molecule has 0 saturated heterocycles. The minimum Gasteiger partial charge on any atom is -0.495 e. The molecule has 0 aliphatic rings. The molecule has 1 aromatic heterocycles. The number of allylic oxidation sites excluding steroid dienone is 1. The van der Waals surface area contributed by atoms with Gasteiger partial charge in [0.15, 0.2) is 0 Å². The second kappa shape index (κ2) is 8.94. The molecule has 1 N–H and O–H groups in total. The van der Waals surface area contributed by atoms with E-state index in [1.807, 2.05) is 59.3 Å². The number of nitrogens with zero attached hydrogens (tertiary/aromatic N) is 3. The van der Waals surface area contributed by atoms with Gasteiger partial charge in [-0.1, -0.05) is 42.5 Å². The number of halogens is 1. The maximum Gasteiger partial charge on any atom is 0.148 e. The van der Waals surface area contributed by atoms with Crippen molar-refractivity contribution in [2.75, 3.05) is 12.4 Å². The maximum absolute atomic E-state index is 9.04. The smallest absolute Gasteiger partial charge is 0.148 e. The van der Waals surface area contributed by atoms with E-state index in [1.165, 1.54) is 0 Å². The molecule has 0 unspecified atom stereocenters. The largest absolute Gasteiger partial charge is 0.495 e. The molecular formula is C22H19ClN4O. The Kier molecular flexibility index (Phi) is 6.15. The molecule has 0 radical (unpaired) electrons. The summed E-state index contributed by atoms with van der Waals surface area (Å²) in [5.41, 5.74) is 3.20. The van der Waals surface area contributed by atoms with Gasteiger partial charge >= 0.3 is 0 Å². The van der Waals surface area contributed by atoms with Gasteiger partial charge in [0.1, 0.15) is 17.6 Å². The molecule has 0 spiro atoms. The molecule has 0 bridgehead atoms. The Hall–Kier alpha value is -3.49. The Morgan fingerprint density at radius 3 is 2.96 bits per heavy atom. The van der Waals surface area contributed by atoms with Crippen LogP contribution in [0.3, 0.4) is 0 Å². The Bertz CT molecular complexity index is 1060. The van der Waals surface area contributed by atoms with Gasteiger partial charge in [0.25, 0.3) is 0 Å². The molecule has 0 fully saturated rings. The van der Waals surface area contributed by atoms with Crippen molar-refractivity contribution in [1.29, 1.82) is 5.26 Å². The molecule has 140 valence electrons. The molecule has 2 aromatic carbocycles. The molecule has 1 heterocycles. The summed E-state index contributed by atoms with van der Waals surface area (Å²) in [7, 11) is 1.55. The van der Waals surface area contributed by atoms with Gasteiger partial charge in [-0.15, -0.1) is 0 Å². The molecular weight excluding hydrogens is 372 g/mol. The van der Waals surface area contributed by atoms with E-state index in [1.54, 1.807) is 19.5 Å². The van der Waals surface area contributed by atoms with E-state index in [2.05, 4.69) is 22.9 Å². The van der Waals surface area contributed by atoms with Crippen molar-refractivity contribution in [2.24, 2.45) is 0 Å². The zero-order chi connectivity index (χ0) is 19.9. The summed E-state index contributed by atoms with van der Waals surface area (Å²) >= 11 is 6.03. The quantitative estimate of drug-likeness (QED) is 0.570. The van der Waals surface area contributed by atoms with Crippen molar-refractivity contribution >= 4 is 23.5 Å². The first-order valence-electron chi connectivity index (χ1n) is 8.56. The molecule has 0 aliphatic heterocycles. The first-order chi connectivity index (χ1) is 13.6. The van der Waals surface area contributed by atoms with Gasteiger partial charge in [0.05, 0.1) is 19.0 Å². The van der Waals surface area contributed by atoms with Crippen molar-refractivity contribution in [3.05, 3.63) is 95.1 Å². The van der Waals surface area contributed by atoms with Crippen LogP contribution in [0.5, 0.6) is 5.75 Å². The molecule has 3 aromatic rings. The lowest BCUT2D eigenvalue weighted by Crippen LogP contribution is -1.97. The fourth-order valence-electron chi connectivity index (χ4n) is 2.66. The van der Waals surface area contributed by atoms with E-state index in [9.17, 15) is 0 Å². The number of rotatable bonds is 7. The third-order valence-electron chi connectivity index (χ3n) is 4.00. The molecule has 5 nitrogen and oxygen atoms in total. The average molecular weight is 391 g/mol. The number of anilines is 1. The summed E-state index contributed by atoms with van der Waals surface area (Å²) in [6.45, 7) is 4.68. The highest BCUT2D eigenvalue weighted by Crippen LogP contribution is 2.20. The summed E-state index contributed by atoms with van der Waals surface area (Å²) in [4.78, 5) is 4.35. The van der Waals surface area contributed by atoms with Crippen LogP contribution in [-0.4, -0.2) is 16.7 Å². The normalized spacial score (nSPS) is 10.6. The number of aromatic nitrogens is 2. The minimum absolute atomic E-state index is 0.502. The highest BCUT2D eigenvalue weighted by Gasteiger charge is 2.03. The second-order valence-corrected chi connectivity index (χ2v) is 6.55. The van der Waals surface area contributed by atoms with Crippen molar-refractivity contribution in [1.82, 2.24) is 9.55 Å². The lowest BCUT2D eigenvalue weighted by molar-refractivity contribution is 0.413. The third kappa shape index (κ3) is 5.03. The topological polar surface area (TPSA) is 62.9 Å². The Morgan fingerprint density at radius 2 is 2.21 bits per heavy atom. The molecule has 28 heavy (non-hydrogen) atoms. The van der Waals surface area contributed by atoms with Crippen LogP contribution in [0.4, 0.5) is 5.82 Å². The van der Waals surface area contributed by atoms with Gasteiger partial charge in [-0.3, -0.25) is 0 Å².